The number of aliphatic carboxylic acids is 1. The number of unbranched alkanes of at least 4 members (excludes halogenated alkanes) is 2. The van der Waals surface area contributed by atoms with Crippen LogP contribution in [0.5, 0.6) is 0 Å². The molecule has 0 aliphatic rings. The number of carbonyl (C=O) groups is 2. The van der Waals surface area contributed by atoms with E-state index in [9.17, 15) is 9.59 Å². The summed E-state index contributed by atoms with van der Waals surface area (Å²) in [4.78, 5) is 24.3. The third-order valence-electron chi connectivity index (χ3n) is 3.02. The normalized spacial score (nSPS) is 10.7. The SMILES string of the molecule is CCCCCN(C)C(=O)c1ccc(C=CC(=O)O)cc1. The van der Waals surface area contributed by atoms with Gasteiger partial charge >= 0.3 is 5.97 Å². The van der Waals surface area contributed by atoms with Gasteiger partial charge in [-0.05, 0) is 30.2 Å². The molecule has 1 aromatic rings. The maximum Gasteiger partial charge on any atom is 0.328 e. The van der Waals surface area contributed by atoms with Crippen LogP contribution >= 0.6 is 0 Å². The summed E-state index contributed by atoms with van der Waals surface area (Å²) in [7, 11) is 1.80. The molecule has 0 aliphatic carbocycles. The van der Waals surface area contributed by atoms with E-state index in [1.807, 2.05) is 0 Å². The van der Waals surface area contributed by atoms with Gasteiger partial charge in [-0.2, -0.15) is 0 Å². The van der Waals surface area contributed by atoms with Crippen LogP contribution in [-0.4, -0.2) is 35.5 Å². The van der Waals surface area contributed by atoms with Crippen LogP contribution in [-0.2, 0) is 4.79 Å². The van der Waals surface area contributed by atoms with Gasteiger partial charge in [0.15, 0.2) is 0 Å². The number of nitrogens with zero attached hydrogens (tertiary/aromatic N) is 1. The van der Waals surface area contributed by atoms with Gasteiger partial charge in [0.05, 0.1) is 0 Å². The predicted octanol–water partition coefficient (Wildman–Crippen LogP) is 3.05. The largest absolute Gasteiger partial charge is 0.478 e. The van der Waals surface area contributed by atoms with E-state index in [1.54, 1.807) is 36.2 Å². The minimum atomic E-state index is -0.985. The van der Waals surface area contributed by atoms with Gasteiger partial charge in [0, 0.05) is 25.2 Å². The van der Waals surface area contributed by atoms with E-state index >= 15 is 0 Å². The third kappa shape index (κ3) is 5.26. The van der Waals surface area contributed by atoms with Gasteiger partial charge in [0.2, 0.25) is 0 Å². The first kappa shape index (κ1) is 16.0. The van der Waals surface area contributed by atoms with Gasteiger partial charge in [-0.25, -0.2) is 4.79 Å². The number of rotatable bonds is 7. The van der Waals surface area contributed by atoms with Gasteiger partial charge < -0.3 is 10.0 Å². The molecule has 0 saturated carbocycles. The van der Waals surface area contributed by atoms with E-state index in [0.717, 1.165) is 37.4 Å². The molecule has 0 atom stereocenters. The van der Waals surface area contributed by atoms with Gasteiger partial charge in [-0.3, -0.25) is 4.79 Å². The van der Waals surface area contributed by atoms with Gasteiger partial charge in [0.25, 0.3) is 5.91 Å². The molecule has 1 N–H and O–H groups in total. The second-order valence-corrected chi connectivity index (χ2v) is 4.73. The van der Waals surface area contributed by atoms with Crippen LogP contribution in [0.2, 0.25) is 0 Å². The van der Waals surface area contributed by atoms with E-state index in [1.165, 1.54) is 6.08 Å². The Bertz CT molecular complexity index is 477. The molecule has 4 heteroatoms. The molecule has 1 aromatic carbocycles. The van der Waals surface area contributed by atoms with Crippen molar-refractivity contribution in [2.24, 2.45) is 0 Å². The van der Waals surface area contributed by atoms with E-state index in [0.29, 0.717) is 5.56 Å². The standard InChI is InChI=1S/C16H21NO3/c1-3-4-5-12-17(2)16(20)14-9-6-13(7-10-14)8-11-15(18)19/h6-11H,3-5,12H2,1-2H3,(H,18,19). The summed E-state index contributed by atoms with van der Waals surface area (Å²) in [6.07, 6.45) is 5.84. The molecular weight excluding hydrogens is 254 g/mol. The van der Waals surface area contributed by atoms with Crippen LogP contribution in [0.4, 0.5) is 0 Å². The van der Waals surface area contributed by atoms with Gasteiger partial charge in [-0.1, -0.05) is 31.9 Å². The highest BCUT2D eigenvalue weighted by molar-refractivity contribution is 5.94. The lowest BCUT2D eigenvalue weighted by Crippen LogP contribution is -2.27. The molecule has 0 aromatic heterocycles. The average molecular weight is 275 g/mol. The Labute approximate surface area is 119 Å². The summed E-state index contributed by atoms with van der Waals surface area (Å²) in [5, 5.41) is 8.55. The van der Waals surface area contributed by atoms with Crippen molar-refractivity contribution in [1.82, 2.24) is 4.90 Å². The molecule has 0 aliphatic heterocycles. The average Bonchev–Trinajstić information content (AvgIpc) is 2.45. The first-order chi connectivity index (χ1) is 9.54. The summed E-state index contributed by atoms with van der Waals surface area (Å²) in [6.45, 7) is 2.89. The first-order valence-electron chi connectivity index (χ1n) is 6.81. The number of benzene rings is 1. The summed E-state index contributed by atoms with van der Waals surface area (Å²) in [5.74, 6) is -0.990. The summed E-state index contributed by atoms with van der Waals surface area (Å²) >= 11 is 0. The monoisotopic (exact) mass is 275 g/mol. The Balaban J connectivity index is 2.63. The number of carboxylic acid groups (broad SMARTS) is 1. The molecule has 1 rings (SSSR count). The zero-order chi connectivity index (χ0) is 15.0. The zero-order valence-corrected chi connectivity index (χ0v) is 12.0. The highest BCUT2D eigenvalue weighted by atomic mass is 16.4. The van der Waals surface area contributed by atoms with Gasteiger partial charge in [-0.15, -0.1) is 0 Å². The van der Waals surface area contributed by atoms with Crippen molar-refractivity contribution in [3.8, 4) is 0 Å². The lowest BCUT2D eigenvalue weighted by Gasteiger charge is -2.17. The summed E-state index contributed by atoms with van der Waals surface area (Å²) < 4.78 is 0. The maximum atomic E-state index is 12.1. The lowest BCUT2D eigenvalue weighted by atomic mass is 10.1. The quantitative estimate of drug-likeness (QED) is 0.614. The molecule has 0 saturated heterocycles. The smallest absolute Gasteiger partial charge is 0.328 e. The number of hydrogen-bond donors (Lipinski definition) is 1. The minimum Gasteiger partial charge on any atom is -0.478 e. The highest BCUT2D eigenvalue weighted by Gasteiger charge is 2.10. The van der Waals surface area contributed by atoms with Crippen LogP contribution in [0.1, 0.15) is 42.1 Å². The fraction of sp³-hybridized carbons (Fsp3) is 0.375. The second-order valence-electron chi connectivity index (χ2n) is 4.73. The van der Waals surface area contributed by atoms with E-state index in [2.05, 4.69) is 6.92 Å². The third-order valence-corrected chi connectivity index (χ3v) is 3.02. The maximum absolute atomic E-state index is 12.1. The second kappa shape index (κ2) is 8.15. The molecule has 0 radical (unpaired) electrons. The highest BCUT2D eigenvalue weighted by Crippen LogP contribution is 2.09. The predicted molar refractivity (Wildman–Crippen MR) is 79.6 cm³/mol. The molecule has 0 bridgehead atoms. The molecule has 0 spiro atoms. The van der Waals surface area contributed by atoms with Crippen LogP contribution in [0.3, 0.4) is 0 Å². The van der Waals surface area contributed by atoms with E-state index < -0.39 is 5.97 Å². The molecule has 4 nitrogen and oxygen atoms in total. The molecule has 20 heavy (non-hydrogen) atoms. The van der Waals surface area contributed by atoms with Crippen molar-refractivity contribution in [2.75, 3.05) is 13.6 Å². The van der Waals surface area contributed by atoms with Crippen LogP contribution < -0.4 is 0 Å². The van der Waals surface area contributed by atoms with Crippen LogP contribution in [0.25, 0.3) is 6.08 Å². The van der Waals surface area contributed by atoms with Crippen molar-refractivity contribution in [1.29, 1.82) is 0 Å². The summed E-state index contributed by atoms with van der Waals surface area (Å²) in [5.41, 5.74) is 1.38. The molecular formula is C16H21NO3. The van der Waals surface area contributed by atoms with Gasteiger partial charge in [0.1, 0.15) is 0 Å². The Kier molecular flexibility index (Phi) is 6.50. The summed E-state index contributed by atoms with van der Waals surface area (Å²) in [6, 6.07) is 6.93. The molecule has 1 amide bonds. The fourth-order valence-corrected chi connectivity index (χ4v) is 1.83. The topological polar surface area (TPSA) is 57.6 Å². The number of carboxylic acids is 1. The fourth-order valence-electron chi connectivity index (χ4n) is 1.83. The Hall–Kier alpha value is -2.10. The number of carbonyl (C=O) groups excluding carboxylic acids is 1. The molecule has 0 heterocycles. The minimum absolute atomic E-state index is 0.00475. The van der Waals surface area contributed by atoms with E-state index in [-0.39, 0.29) is 5.91 Å². The van der Waals surface area contributed by atoms with Crippen LogP contribution in [0, 0.1) is 0 Å². The van der Waals surface area contributed by atoms with Crippen LogP contribution in [0.15, 0.2) is 30.3 Å². The zero-order valence-electron chi connectivity index (χ0n) is 12.0. The van der Waals surface area contributed by atoms with Crippen molar-refractivity contribution in [3.05, 3.63) is 41.5 Å². The Morgan fingerprint density at radius 3 is 2.40 bits per heavy atom. The number of hydrogen-bond acceptors (Lipinski definition) is 2. The molecule has 0 unspecified atom stereocenters. The van der Waals surface area contributed by atoms with Crippen molar-refractivity contribution >= 4 is 18.0 Å². The first-order valence-corrected chi connectivity index (χ1v) is 6.81. The number of amides is 1. The molecule has 108 valence electrons. The van der Waals surface area contributed by atoms with Crippen molar-refractivity contribution < 1.29 is 14.7 Å². The van der Waals surface area contributed by atoms with Crippen molar-refractivity contribution in [3.63, 3.8) is 0 Å². The molecule has 0 fully saturated rings. The lowest BCUT2D eigenvalue weighted by molar-refractivity contribution is -0.131. The van der Waals surface area contributed by atoms with E-state index in [4.69, 9.17) is 5.11 Å². The Morgan fingerprint density at radius 2 is 1.85 bits per heavy atom. The Morgan fingerprint density at radius 1 is 1.20 bits per heavy atom. The van der Waals surface area contributed by atoms with Crippen molar-refractivity contribution in [2.45, 2.75) is 26.2 Å².